The largest absolute Gasteiger partial charge is 0.437 e. The molecule has 3 rings (SSSR count). The van der Waals surface area contributed by atoms with Gasteiger partial charge in [0.05, 0.1) is 19.0 Å². The normalized spacial score (nSPS) is 14.8. The summed E-state index contributed by atoms with van der Waals surface area (Å²) in [5.41, 5.74) is 0. The summed E-state index contributed by atoms with van der Waals surface area (Å²) < 4.78 is 11.1. The van der Waals surface area contributed by atoms with Crippen LogP contribution in [-0.4, -0.2) is 65.9 Å². The van der Waals surface area contributed by atoms with Crippen molar-refractivity contribution in [1.29, 1.82) is 0 Å². The number of morpholine rings is 1. The number of para-hydroxylation sites is 1. The summed E-state index contributed by atoms with van der Waals surface area (Å²) in [5.74, 6) is 1.33. The fourth-order valence-electron chi connectivity index (χ4n) is 2.44. The van der Waals surface area contributed by atoms with Gasteiger partial charge in [-0.1, -0.05) is 30.0 Å². The van der Waals surface area contributed by atoms with E-state index in [1.165, 1.54) is 11.8 Å². The maximum Gasteiger partial charge on any atom is 0.252 e. The number of nitrogens with zero attached hydrogens (tertiary/aromatic N) is 3. The molecule has 0 bridgehead atoms. The van der Waals surface area contributed by atoms with Crippen molar-refractivity contribution >= 4 is 17.7 Å². The minimum Gasteiger partial charge on any atom is -0.437 e. The first-order valence-electron chi connectivity index (χ1n) is 8.55. The molecule has 0 atom stereocenters. The number of nitrogens with one attached hydrogen (secondary N) is 1. The highest BCUT2D eigenvalue weighted by molar-refractivity contribution is 8.00. The van der Waals surface area contributed by atoms with Crippen molar-refractivity contribution < 1.29 is 14.3 Å². The van der Waals surface area contributed by atoms with Gasteiger partial charge in [0.15, 0.2) is 5.03 Å². The second-order valence-electron chi connectivity index (χ2n) is 5.67. The highest BCUT2D eigenvalue weighted by Gasteiger charge is 2.12. The van der Waals surface area contributed by atoms with Crippen LogP contribution < -0.4 is 10.1 Å². The van der Waals surface area contributed by atoms with Gasteiger partial charge in [0.25, 0.3) is 5.88 Å². The molecular formula is C18H22N4O3S. The van der Waals surface area contributed by atoms with Crippen molar-refractivity contribution in [3.63, 3.8) is 0 Å². The predicted molar refractivity (Wildman–Crippen MR) is 99.5 cm³/mol. The summed E-state index contributed by atoms with van der Waals surface area (Å²) in [7, 11) is 0. The summed E-state index contributed by atoms with van der Waals surface area (Å²) in [4.78, 5) is 22.8. The second-order valence-corrected chi connectivity index (χ2v) is 6.64. The number of carbonyl (C=O) groups excluding carboxylic acids is 1. The van der Waals surface area contributed by atoms with E-state index in [1.807, 2.05) is 30.3 Å². The zero-order valence-corrected chi connectivity index (χ0v) is 15.3. The van der Waals surface area contributed by atoms with Crippen molar-refractivity contribution in [3.05, 3.63) is 42.7 Å². The van der Waals surface area contributed by atoms with E-state index in [0.29, 0.717) is 23.2 Å². The molecule has 0 radical (unpaired) electrons. The molecule has 0 spiro atoms. The molecular weight excluding hydrogens is 352 g/mol. The maximum absolute atomic E-state index is 12.1. The van der Waals surface area contributed by atoms with Crippen LogP contribution in [0.5, 0.6) is 11.6 Å². The van der Waals surface area contributed by atoms with E-state index in [1.54, 1.807) is 12.4 Å². The third kappa shape index (κ3) is 5.98. The Balaban J connectivity index is 1.44. The summed E-state index contributed by atoms with van der Waals surface area (Å²) in [6.07, 6.45) is 3.17. The highest BCUT2D eigenvalue weighted by atomic mass is 32.2. The van der Waals surface area contributed by atoms with Gasteiger partial charge in [-0.15, -0.1) is 0 Å². The number of amides is 1. The minimum atomic E-state index is -0.0282. The van der Waals surface area contributed by atoms with Crippen molar-refractivity contribution in [2.24, 2.45) is 0 Å². The van der Waals surface area contributed by atoms with Crippen LogP contribution in [-0.2, 0) is 9.53 Å². The number of benzene rings is 1. The fraction of sp³-hybridized carbons (Fsp3) is 0.389. The maximum atomic E-state index is 12.1. The van der Waals surface area contributed by atoms with Gasteiger partial charge in [0.2, 0.25) is 5.91 Å². The molecule has 1 amide bonds. The van der Waals surface area contributed by atoms with Crippen LogP contribution in [0, 0.1) is 0 Å². The summed E-state index contributed by atoms with van der Waals surface area (Å²) in [6.45, 7) is 4.84. The van der Waals surface area contributed by atoms with E-state index in [4.69, 9.17) is 9.47 Å². The highest BCUT2D eigenvalue weighted by Crippen LogP contribution is 2.28. The number of carbonyl (C=O) groups is 1. The molecule has 1 aromatic heterocycles. The third-order valence-corrected chi connectivity index (χ3v) is 4.74. The average molecular weight is 374 g/mol. The van der Waals surface area contributed by atoms with Crippen LogP contribution >= 0.6 is 11.8 Å². The fourth-order valence-corrected chi connectivity index (χ4v) is 3.17. The third-order valence-electron chi connectivity index (χ3n) is 3.78. The molecule has 1 aliphatic heterocycles. The Labute approximate surface area is 157 Å². The van der Waals surface area contributed by atoms with Crippen LogP contribution in [0.2, 0.25) is 0 Å². The SMILES string of the molecule is O=C(CSc1nccnc1Oc1ccccc1)NCCN1CCOCC1. The van der Waals surface area contributed by atoms with Gasteiger partial charge in [0, 0.05) is 38.6 Å². The summed E-state index contributed by atoms with van der Waals surface area (Å²) in [6, 6.07) is 9.39. The zero-order chi connectivity index (χ0) is 18.0. The van der Waals surface area contributed by atoms with E-state index >= 15 is 0 Å². The Bertz CT molecular complexity index is 696. The molecule has 1 fully saturated rings. The molecule has 0 aliphatic carbocycles. The van der Waals surface area contributed by atoms with Crippen LogP contribution in [0.15, 0.2) is 47.8 Å². The quantitative estimate of drug-likeness (QED) is 0.706. The number of thioether (sulfide) groups is 1. The monoisotopic (exact) mass is 374 g/mol. The Morgan fingerprint density at radius 2 is 1.96 bits per heavy atom. The van der Waals surface area contributed by atoms with E-state index in [2.05, 4.69) is 20.2 Å². The number of ether oxygens (including phenoxy) is 2. The molecule has 2 aromatic rings. The second kappa shape index (κ2) is 10.1. The van der Waals surface area contributed by atoms with Crippen LogP contribution in [0.4, 0.5) is 0 Å². The van der Waals surface area contributed by atoms with Gasteiger partial charge in [-0.3, -0.25) is 9.69 Å². The molecule has 1 N–H and O–H groups in total. The van der Waals surface area contributed by atoms with Gasteiger partial charge in [0.1, 0.15) is 5.75 Å². The van der Waals surface area contributed by atoms with Crippen molar-refractivity contribution in [2.45, 2.75) is 5.03 Å². The molecule has 1 saturated heterocycles. The summed E-state index contributed by atoms with van der Waals surface area (Å²) >= 11 is 1.32. The van der Waals surface area contributed by atoms with Crippen molar-refractivity contribution in [1.82, 2.24) is 20.2 Å². The van der Waals surface area contributed by atoms with E-state index < -0.39 is 0 Å². The Kier molecular flexibility index (Phi) is 7.24. The number of hydrogen-bond acceptors (Lipinski definition) is 7. The number of rotatable bonds is 8. The lowest BCUT2D eigenvalue weighted by atomic mass is 10.3. The molecule has 1 aliphatic rings. The lowest BCUT2D eigenvalue weighted by Crippen LogP contribution is -2.41. The summed E-state index contributed by atoms with van der Waals surface area (Å²) in [5, 5.41) is 3.54. The lowest BCUT2D eigenvalue weighted by Gasteiger charge is -2.26. The zero-order valence-electron chi connectivity index (χ0n) is 14.5. The van der Waals surface area contributed by atoms with Gasteiger partial charge >= 0.3 is 0 Å². The average Bonchev–Trinajstić information content (AvgIpc) is 2.69. The smallest absolute Gasteiger partial charge is 0.252 e. The van der Waals surface area contributed by atoms with Crippen molar-refractivity contribution in [3.8, 4) is 11.6 Å². The topological polar surface area (TPSA) is 76.6 Å². The lowest BCUT2D eigenvalue weighted by molar-refractivity contribution is -0.118. The first-order valence-corrected chi connectivity index (χ1v) is 9.53. The molecule has 2 heterocycles. The molecule has 0 unspecified atom stereocenters. The van der Waals surface area contributed by atoms with Crippen LogP contribution in [0.1, 0.15) is 0 Å². The van der Waals surface area contributed by atoms with Crippen LogP contribution in [0.25, 0.3) is 0 Å². The molecule has 7 nitrogen and oxygen atoms in total. The Hall–Kier alpha value is -2.16. The van der Waals surface area contributed by atoms with E-state index in [0.717, 1.165) is 32.8 Å². The number of hydrogen-bond donors (Lipinski definition) is 1. The van der Waals surface area contributed by atoms with E-state index in [-0.39, 0.29) is 11.7 Å². The first-order chi connectivity index (χ1) is 12.8. The van der Waals surface area contributed by atoms with Gasteiger partial charge in [-0.2, -0.15) is 0 Å². The molecule has 138 valence electrons. The van der Waals surface area contributed by atoms with Crippen LogP contribution in [0.3, 0.4) is 0 Å². The van der Waals surface area contributed by atoms with E-state index in [9.17, 15) is 4.79 Å². The standard InChI is InChI=1S/C18H22N4O3S/c23-16(19-8-9-22-10-12-24-13-11-22)14-26-18-17(20-6-7-21-18)25-15-4-2-1-3-5-15/h1-7H,8-14H2,(H,19,23). The molecule has 0 saturated carbocycles. The molecule has 1 aromatic carbocycles. The van der Waals surface area contributed by atoms with Crippen molar-refractivity contribution in [2.75, 3.05) is 45.1 Å². The predicted octanol–water partition coefficient (Wildman–Crippen LogP) is 1.81. The Morgan fingerprint density at radius 1 is 1.19 bits per heavy atom. The first kappa shape index (κ1) is 18.6. The molecule has 8 heteroatoms. The Morgan fingerprint density at radius 3 is 2.77 bits per heavy atom. The minimum absolute atomic E-state index is 0.0282. The van der Waals surface area contributed by atoms with Gasteiger partial charge in [-0.05, 0) is 12.1 Å². The van der Waals surface area contributed by atoms with Gasteiger partial charge < -0.3 is 14.8 Å². The molecule has 26 heavy (non-hydrogen) atoms. The number of aromatic nitrogens is 2. The van der Waals surface area contributed by atoms with Gasteiger partial charge in [-0.25, -0.2) is 9.97 Å².